The standard InChI is InChI=1S/C40H26N4O/c1-3-14-28(15-4-1)43(29-16-5-2-6-17-29)35-23-11-20-32(40-42-38-36(45-40)25-24-27-13-12-26-41-37(27)38)39(35)44-33-21-9-7-18-30(33)31-19-8-10-22-34(31)44/h1-26H. The first-order valence-corrected chi connectivity index (χ1v) is 15.0. The van der Waals surface area contributed by atoms with Crippen LogP contribution in [0.3, 0.4) is 0 Å². The number of nitrogens with zero attached hydrogens (tertiary/aromatic N) is 4. The number of para-hydroxylation sites is 5. The van der Waals surface area contributed by atoms with Gasteiger partial charge in [-0.1, -0.05) is 84.9 Å². The lowest BCUT2D eigenvalue weighted by molar-refractivity contribution is 0.619. The van der Waals surface area contributed by atoms with Crippen molar-refractivity contribution in [2.24, 2.45) is 0 Å². The molecule has 0 bridgehead atoms. The Hall–Kier alpha value is -6.20. The summed E-state index contributed by atoms with van der Waals surface area (Å²) in [4.78, 5) is 12.1. The zero-order chi connectivity index (χ0) is 29.7. The molecule has 3 aromatic heterocycles. The number of hydrogen-bond acceptors (Lipinski definition) is 4. The maximum atomic E-state index is 6.59. The topological polar surface area (TPSA) is 47.1 Å². The molecule has 9 aromatic rings. The van der Waals surface area contributed by atoms with Gasteiger partial charge in [0.05, 0.1) is 33.5 Å². The average Bonchev–Trinajstić information content (AvgIpc) is 3.69. The fourth-order valence-electron chi connectivity index (χ4n) is 6.51. The van der Waals surface area contributed by atoms with Crippen molar-refractivity contribution in [3.63, 3.8) is 0 Å². The van der Waals surface area contributed by atoms with Crippen LogP contribution in [0.15, 0.2) is 162 Å². The van der Waals surface area contributed by atoms with E-state index < -0.39 is 0 Å². The molecule has 5 nitrogen and oxygen atoms in total. The van der Waals surface area contributed by atoms with Crippen LogP contribution in [0, 0.1) is 0 Å². The minimum absolute atomic E-state index is 0.544. The van der Waals surface area contributed by atoms with E-state index in [1.165, 1.54) is 10.8 Å². The Morgan fingerprint density at radius 2 is 1.18 bits per heavy atom. The van der Waals surface area contributed by atoms with Crippen molar-refractivity contribution in [3.8, 4) is 17.1 Å². The summed E-state index contributed by atoms with van der Waals surface area (Å²) in [6, 6.07) is 52.6. The predicted molar refractivity (Wildman–Crippen MR) is 184 cm³/mol. The van der Waals surface area contributed by atoms with Crippen LogP contribution >= 0.6 is 0 Å². The summed E-state index contributed by atoms with van der Waals surface area (Å²) in [7, 11) is 0. The van der Waals surface area contributed by atoms with Crippen LogP contribution in [-0.2, 0) is 0 Å². The Morgan fingerprint density at radius 1 is 0.533 bits per heavy atom. The van der Waals surface area contributed by atoms with E-state index in [1.54, 1.807) is 6.20 Å². The molecule has 0 radical (unpaired) electrons. The van der Waals surface area contributed by atoms with Crippen molar-refractivity contribution in [2.75, 3.05) is 4.90 Å². The van der Waals surface area contributed by atoms with Gasteiger partial charge < -0.3 is 13.9 Å². The third-order valence-corrected chi connectivity index (χ3v) is 8.45. The van der Waals surface area contributed by atoms with Gasteiger partial charge in [-0.2, -0.15) is 0 Å². The molecule has 0 aliphatic rings. The maximum absolute atomic E-state index is 6.59. The van der Waals surface area contributed by atoms with Crippen molar-refractivity contribution in [3.05, 3.63) is 158 Å². The van der Waals surface area contributed by atoms with Gasteiger partial charge in [-0.05, 0) is 66.7 Å². The molecule has 212 valence electrons. The molecule has 9 rings (SSSR count). The van der Waals surface area contributed by atoms with Crippen LogP contribution < -0.4 is 4.90 Å². The molecule has 6 aromatic carbocycles. The lowest BCUT2D eigenvalue weighted by Gasteiger charge is -2.29. The number of anilines is 3. The fraction of sp³-hybridized carbons (Fsp3) is 0. The summed E-state index contributed by atoms with van der Waals surface area (Å²) in [5, 5.41) is 3.40. The van der Waals surface area contributed by atoms with E-state index in [2.05, 4.69) is 136 Å². The highest BCUT2D eigenvalue weighted by Crippen LogP contribution is 2.45. The number of pyridine rings is 1. The van der Waals surface area contributed by atoms with E-state index in [0.717, 1.165) is 55.8 Å². The van der Waals surface area contributed by atoms with Gasteiger partial charge in [-0.15, -0.1) is 0 Å². The second kappa shape index (κ2) is 10.2. The Kier molecular flexibility index (Phi) is 5.74. The van der Waals surface area contributed by atoms with Gasteiger partial charge in [-0.25, -0.2) is 4.98 Å². The third-order valence-electron chi connectivity index (χ3n) is 8.45. The first-order valence-electron chi connectivity index (χ1n) is 15.0. The molecule has 3 heterocycles. The van der Waals surface area contributed by atoms with Crippen molar-refractivity contribution < 1.29 is 4.42 Å². The molecule has 0 amide bonds. The Labute approximate surface area is 259 Å². The molecule has 0 unspecified atom stereocenters. The predicted octanol–water partition coefficient (Wildman–Crippen LogP) is 10.6. The molecular formula is C40H26N4O. The number of hydrogen-bond donors (Lipinski definition) is 0. The van der Waals surface area contributed by atoms with Crippen molar-refractivity contribution in [1.29, 1.82) is 0 Å². The van der Waals surface area contributed by atoms with Gasteiger partial charge in [0.25, 0.3) is 0 Å². The first kappa shape index (κ1) is 25.3. The van der Waals surface area contributed by atoms with Crippen LogP contribution in [0.1, 0.15) is 0 Å². The third kappa shape index (κ3) is 4.02. The monoisotopic (exact) mass is 578 g/mol. The minimum atomic E-state index is 0.544. The van der Waals surface area contributed by atoms with Gasteiger partial charge in [0.2, 0.25) is 5.89 Å². The van der Waals surface area contributed by atoms with Crippen molar-refractivity contribution in [1.82, 2.24) is 14.5 Å². The summed E-state index contributed by atoms with van der Waals surface area (Å²) in [5.41, 5.74) is 9.47. The molecule has 0 N–H and O–H groups in total. The molecule has 45 heavy (non-hydrogen) atoms. The van der Waals surface area contributed by atoms with Crippen LogP contribution in [0.5, 0.6) is 0 Å². The first-order chi connectivity index (χ1) is 22.3. The number of fused-ring (bicyclic) bond motifs is 6. The maximum Gasteiger partial charge on any atom is 0.229 e. The van der Waals surface area contributed by atoms with E-state index in [9.17, 15) is 0 Å². The molecular weight excluding hydrogens is 552 g/mol. The molecule has 5 heteroatoms. The highest BCUT2D eigenvalue weighted by atomic mass is 16.3. The van der Waals surface area contributed by atoms with Gasteiger partial charge in [0.1, 0.15) is 5.52 Å². The Bertz CT molecular complexity index is 2400. The summed E-state index contributed by atoms with van der Waals surface area (Å²) in [5.74, 6) is 0.544. The number of rotatable bonds is 5. The van der Waals surface area contributed by atoms with E-state index in [1.807, 2.05) is 30.3 Å². The molecule has 0 atom stereocenters. The van der Waals surface area contributed by atoms with E-state index in [0.29, 0.717) is 11.5 Å². The second-order valence-corrected chi connectivity index (χ2v) is 11.1. The zero-order valence-electron chi connectivity index (χ0n) is 24.2. The van der Waals surface area contributed by atoms with Gasteiger partial charge in [0, 0.05) is 33.7 Å². The summed E-state index contributed by atoms with van der Waals surface area (Å²) >= 11 is 0. The van der Waals surface area contributed by atoms with E-state index >= 15 is 0 Å². The lowest BCUT2D eigenvalue weighted by Crippen LogP contribution is -2.13. The molecule has 0 fully saturated rings. The van der Waals surface area contributed by atoms with Gasteiger partial charge in [-0.3, -0.25) is 4.98 Å². The quantitative estimate of drug-likeness (QED) is 0.204. The summed E-state index contributed by atoms with van der Waals surface area (Å²) < 4.78 is 8.95. The largest absolute Gasteiger partial charge is 0.436 e. The molecule has 0 saturated carbocycles. The van der Waals surface area contributed by atoms with Crippen LogP contribution in [0.4, 0.5) is 17.1 Å². The van der Waals surface area contributed by atoms with Crippen LogP contribution in [0.2, 0.25) is 0 Å². The van der Waals surface area contributed by atoms with E-state index in [4.69, 9.17) is 9.40 Å². The zero-order valence-corrected chi connectivity index (χ0v) is 24.2. The lowest BCUT2D eigenvalue weighted by atomic mass is 10.1. The summed E-state index contributed by atoms with van der Waals surface area (Å²) in [6.07, 6.45) is 1.80. The Morgan fingerprint density at radius 3 is 1.87 bits per heavy atom. The molecule has 0 aliphatic heterocycles. The van der Waals surface area contributed by atoms with E-state index in [-0.39, 0.29) is 0 Å². The number of benzene rings is 6. The van der Waals surface area contributed by atoms with Crippen LogP contribution in [-0.4, -0.2) is 14.5 Å². The van der Waals surface area contributed by atoms with Crippen LogP contribution in [0.25, 0.3) is 61.0 Å². The SMILES string of the molecule is c1ccc(N(c2ccccc2)c2cccc(-c3nc4c(ccc5cccnc54)o3)c2-n2c3ccccc3c3ccccc32)cc1. The highest BCUT2D eigenvalue weighted by Gasteiger charge is 2.25. The van der Waals surface area contributed by atoms with Crippen molar-refractivity contribution >= 4 is 60.9 Å². The highest BCUT2D eigenvalue weighted by molar-refractivity contribution is 6.11. The number of aromatic nitrogens is 3. The smallest absolute Gasteiger partial charge is 0.229 e. The second-order valence-electron chi connectivity index (χ2n) is 11.1. The van der Waals surface area contributed by atoms with Gasteiger partial charge in [0.15, 0.2) is 5.58 Å². The molecule has 0 spiro atoms. The Balaban J connectivity index is 1.42. The number of oxazole rings is 1. The van der Waals surface area contributed by atoms with Crippen molar-refractivity contribution in [2.45, 2.75) is 0 Å². The van der Waals surface area contributed by atoms with Gasteiger partial charge >= 0.3 is 0 Å². The fourth-order valence-corrected chi connectivity index (χ4v) is 6.51. The minimum Gasteiger partial charge on any atom is -0.436 e. The average molecular weight is 579 g/mol. The molecule has 0 saturated heterocycles. The normalized spacial score (nSPS) is 11.6. The molecule has 0 aliphatic carbocycles. The summed E-state index contributed by atoms with van der Waals surface area (Å²) in [6.45, 7) is 0.